The molecule has 0 atom stereocenters. The minimum Gasteiger partial charge on any atom is -0.465 e. The summed E-state index contributed by atoms with van der Waals surface area (Å²) in [5, 5.41) is 3.83. The Hall–Kier alpha value is -1.14. The van der Waals surface area contributed by atoms with Crippen LogP contribution in [0.4, 0.5) is 5.13 Å². The Kier molecular flexibility index (Phi) is 5.37. The van der Waals surface area contributed by atoms with Gasteiger partial charge in [-0.15, -0.1) is 0 Å². The summed E-state index contributed by atoms with van der Waals surface area (Å²) in [5.41, 5.74) is 0.689. The molecule has 6 heteroatoms. The number of anilines is 1. The normalized spacial score (nSPS) is 10.6. The lowest BCUT2D eigenvalue weighted by molar-refractivity contribution is 0.0605. The van der Waals surface area contributed by atoms with Gasteiger partial charge in [-0.2, -0.15) is 0 Å². The third-order valence-electron chi connectivity index (χ3n) is 2.00. The summed E-state index contributed by atoms with van der Waals surface area (Å²) >= 11 is 1.30. The zero-order chi connectivity index (χ0) is 12.8. The van der Waals surface area contributed by atoms with Crippen LogP contribution in [-0.2, 0) is 9.47 Å². The van der Waals surface area contributed by atoms with Crippen LogP contribution in [0, 0.1) is 6.92 Å². The van der Waals surface area contributed by atoms with E-state index in [-0.39, 0.29) is 12.1 Å². The number of hydrogen-bond donors (Lipinski definition) is 1. The molecule has 0 fully saturated rings. The minimum atomic E-state index is -0.341. The first-order valence-electron chi connectivity index (χ1n) is 5.45. The van der Waals surface area contributed by atoms with Crippen LogP contribution in [0.1, 0.15) is 29.2 Å². The molecule has 1 heterocycles. The predicted octanol–water partition coefficient (Wildman–Crippen LogP) is 2.08. The molecular weight excluding hydrogens is 240 g/mol. The van der Waals surface area contributed by atoms with Gasteiger partial charge in [0.05, 0.1) is 25.5 Å². The van der Waals surface area contributed by atoms with E-state index in [0.29, 0.717) is 23.7 Å². The van der Waals surface area contributed by atoms with E-state index in [1.807, 2.05) is 13.8 Å². The second-order valence-corrected chi connectivity index (χ2v) is 4.77. The summed E-state index contributed by atoms with van der Waals surface area (Å²) in [7, 11) is 1.37. The van der Waals surface area contributed by atoms with Crippen molar-refractivity contribution in [3.05, 3.63) is 10.6 Å². The Morgan fingerprint density at radius 3 is 2.82 bits per heavy atom. The average Bonchev–Trinajstić information content (AvgIpc) is 2.65. The molecule has 0 bridgehead atoms. The van der Waals surface area contributed by atoms with Gasteiger partial charge in [-0.25, -0.2) is 9.78 Å². The van der Waals surface area contributed by atoms with E-state index in [4.69, 9.17) is 4.74 Å². The van der Waals surface area contributed by atoms with Crippen molar-refractivity contribution in [3.8, 4) is 0 Å². The molecule has 17 heavy (non-hydrogen) atoms. The van der Waals surface area contributed by atoms with Gasteiger partial charge in [0.2, 0.25) is 0 Å². The molecule has 5 nitrogen and oxygen atoms in total. The largest absolute Gasteiger partial charge is 0.465 e. The molecule has 0 aliphatic carbocycles. The van der Waals surface area contributed by atoms with Crippen LogP contribution in [-0.4, -0.2) is 37.3 Å². The van der Waals surface area contributed by atoms with Gasteiger partial charge >= 0.3 is 5.97 Å². The van der Waals surface area contributed by atoms with E-state index in [9.17, 15) is 4.79 Å². The van der Waals surface area contributed by atoms with Crippen LogP contribution in [0.15, 0.2) is 0 Å². The molecule has 0 amide bonds. The molecule has 0 aliphatic rings. The van der Waals surface area contributed by atoms with E-state index in [1.54, 1.807) is 6.92 Å². The first kappa shape index (κ1) is 13.9. The number of thiazole rings is 1. The Labute approximate surface area is 105 Å². The van der Waals surface area contributed by atoms with E-state index in [0.717, 1.165) is 5.13 Å². The standard InChI is InChI=1S/C11H18N2O3S/c1-7(2)16-6-5-12-11-13-8(3)9(17-11)10(14)15-4/h7H,5-6H2,1-4H3,(H,12,13). The second kappa shape index (κ2) is 6.56. The molecule has 0 unspecified atom stereocenters. The number of carbonyl (C=O) groups excluding carboxylic acids is 1. The first-order chi connectivity index (χ1) is 8.04. The molecule has 1 N–H and O–H groups in total. The maximum Gasteiger partial charge on any atom is 0.350 e. The summed E-state index contributed by atoms with van der Waals surface area (Å²) in [5.74, 6) is -0.341. The molecule has 1 rings (SSSR count). The van der Waals surface area contributed by atoms with Crippen molar-refractivity contribution in [2.24, 2.45) is 0 Å². The van der Waals surface area contributed by atoms with Gasteiger partial charge in [0.1, 0.15) is 4.88 Å². The first-order valence-corrected chi connectivity index (χ1v) is 6.27. The third-order valence-corrected chi connectivity index (χ3v) is 3.09. The molecular formula is C11H18N2O3S. The second-order valence-electron chi connectivity index (χ2n) is 3.77. The number of aromatic nitrogens is 1. The zero-order valence-corrected chi connectivity index (χ0v) is 11.4. The molecule has 0 spiro atoms. The molecule has 0 aliphatic heterocycles. The summed E-state index contributed by atoms with van der Waals surface area (Å²) in [6.45, 7) is 7.06. The summed E-state index contributed by atoms with van der Waals surface area (Å²) < 4.78 is 10.1. The van der Waals surface area contributed by atoms with Crippen LogP contribution in [0.5, 0.6) is 0 Å². The average molecular weight is 258 g/mol. The Morgan fingerprint density at radius 2 is 2.24 bits per heavy atom. The van der Waals surface area contributed by atoms with Crippen molar-refractivity contribution in [2.45, 2.75) is 26.9 Å². The molecule has 0 saturated carbocycles. The lowest BCUT2D eigenvalue weighted by atomic mass is 10.4. The fourth-order valence-electron chi connectivity index (χ4n) is 1.21. The number of rotatable bonds is 6. The smallest absolute Gasteiger partial charge is 0.350 e. The van der Waals surface area contributed by atoms with Crippen LogP contribution in [0.3, 0.4) is 0 Å². The number of hydrogen-bond acceptors (Lipinski definition) is 6. The van der Waals surface area contributed by atoms with Gasteiger partial charge in [0, 0.05) is 6.54 Å². The lowest BCUT2D eigenvalue weighted by Gasteiger charge is -2.07. The zero-order valence-electron chi connectivity index (χ0n) is 10.6. The fraction of sp³-hybridized carbons (Fsp3) is 0.636. The lowest BCUT2D eigenvalue weighted by Crippen LogP contribution is -2.12. The quantitative estimate of drug-likeness (QED) is 0.625. The molecule has 0 aromatic carbocycles. The van der Waals surface area contributed by atoms with Crippen molar-refractivity contribution in [1.29, 1.82) is 0 Å². The van der Waals surface area contributed by atoms with Crippen LogP contribution in [0.25, 0.3) is 0 Å². The molecule has 1 aromatic rings. The van der Waals surface area contributed by atoms with E-state index < -0.39 is 0 Å². The third kappa shape index (κ3) is 4.32. The summed E-state index contributed by atoms with van der Waals surface area (Å²) in [6.07, 6.45) is 0.223. The predicted molar refractivity (Wildman–Crippen MR) is 67.8 cm³/mol. The summed E-state index contributed by atoms with van der Waals surface area (Å²) in [6, 6.07) is 0. The number of aryl methyl sites for hydroxylation is 1. The van der Waals surface area contributed by atoms with Gasteiger partial charge < -0.3 is 14.8 Å². The maximum atomic E-state index is 11.4. The molecule has 96 valence electrons. The molecule has 0 radical (unpaired) electrons. The number of esters is 1. The minimum absolute atomic E-state index is 0.223. The monoisotopic (exact) mass is 258 g/mol. The maximum absolute atomic E-state index is 11.4. The van der Waals surface area contributed by atoms with Gasteiger partial charge in [0.25, 0.3) is 0 Å². The van der Waals surface area contributed by atoms with Gasteiger partial charge in [-0.3, -0.25) is 0 Å². The number of nitrogens with one attached hydrogen (secondary N) is 1. The van der Waals surface area contributed by atoms with Crippen LogP contribution < -0.4 is 5.32 Å². The molecule has 0 saturated heterocycles. The van der Waals surface area contributed by atoms with E-state index >= 15 is 0 Å². The van der Waals surface area contributed by atoms with Gasteiger partial charge in [-0.05, 0) is 20.8 Å². The number of nitrogens with zero attached hydrogens (tertiary/aromatic N) is 1. The fourth-order valence-corrected chi connectivity index (χ4v) is 2.12. The number of methoxy groups -OCH3 is 1. The van der Waals surface area contributed by atoms with Crippen molar-refractivity contribution in [3.63, 3.8) is 0 Å². The molecule has 1 aromatic heterocycles. The highest BCUT2D eigenvalue weighted by Crippen LogP contribution is 2.22. The van der Waals surface area contributed by atoms with Gasteiger partial charge in [0.15, 0.2) is 5.13 Å². The number of ether oxygens (including phenoxy) is 2. The van der Waals surface area contributed by atoms with Gasteiger partial charge in [-0.1, -0.05) is 11.3 Å². The van der Waals surface area contributed by atoms with E-state index in [1.165, 1.54) is 18.4 Å². The van der Waals surface area contributed by atoms with Crippen molar-refractivity contribution in [1.82, 2.24) is 4.98 Å². The SMILES string of the molecule is COC(=O)c1sc(NCCOC(C)C)nc1C. The number of carbonyl (C=O) groups is 1. The van der Waals surface area contributed by atoms with Crippen molar-refractivity contribution < 1.29 is 14.3 Å². The van der Waals surface area contributed by atoms with Crippen molar-refractivity contribution >= 4 is 22.4 Å². The topological polar surface area (TPSA) is 60.5 Å². The van der Waals surface area contributed by atoms with Crippen molar-refractivity contribution in [2.75, 3.05) is 25.6 Å². The van der Waals surface area contributed by atoms with E-state index in [2.05, 4.69) is 15.0 Å². The van der Waals surface area contributed by atoms with Crippen LogP contribution >= 0.6 is 11.3 Å². The highest BCUT2D eigenvalue weighted by atomic mass is 32.1. The highest BCUT2D eigenvalue weighted by molar-refractivity contribution is 7.17. The Morgan fingerprint density at radius 1 is 1.53 bits per heavy atom. The highest BCUT2D eigenvalue weighted by Gasteiger charge is 2.15. The van der Waals surface area contributed by atoms with Crippen LogP contribution in [0.2, 0.25) is 0 Å². The Balaban J connectivity index is 2.47. The summed E-state index contributed by atoms with van der Waals surface area (Å²) in [4.78, 5) is 16.2. The Bertz CT molecular complexity index is 377.